The standard InChI is InChI=1S/C83H107N3O6/c1-49-36-55-20-22-66-58-38-51-46-85(48-58)67(59-44-79(28-4-5-29-79)80(45-59)31-11-30-78(80)26-2-3-27-78)42-68(88)74-81-33-24-61-71(73(55)86(66)47-51)62(49)40-57-39-53-15-6-12-50(13-10-35-87)37-54-19-21-64-60(54)23-32-77(64)25-8-16-56(43-77)63(53)41-69(82(81,72(57)61)76(90)91-74)83(81)65-18-7-14-52(17-9-34-84)70(65)75(89)92-83/h6-7,14-15,18-19,21,35,39,49-51,54,56-60,62-64,66-67,69,71,88H,2-5,8-13,16-17,20,22-34,36-38,40-48,84H2,1H3. The number of carbonyl (C=O) groups excluding carboxylic acids is 3. The lowest BCUT2D eigenvalue weighted by Crippen LogP contribution is -2.78. The Kier molecular flexibility index (Phi) is 12.9. The smallest absolute Gasteiger partial charge is 0.339 e. The lowest BCUT2D eigenvalue weighted by Gasteiger charge is -2.73. The van der Waals surface area contributed by atoms with Gasteiger partial charge in [0.15, 0.2) is 11.4 Å². The largest absolute Gasteiger partial charge is 0.509 e. The maximum atomic E-state index is 17.4. The fourth-order valence-corrected chi connectivity index (χ4v) is 31.1. The number of hydrogen-bond acceptors (Lipinski definition) is 9. The van der Waals surface area contributed by atoms with Crippen LogP contribution in [0.5, 0.6) is 0 Å². The molecule has 22 aliphatic rings. The van der Waals surface area contributed by atoms with Crippen molar-refractivity contribution in [2.45, 2.75) is 243 Å². The van der Waals surface area contributed by atoms with Gasteiger partial charge in [-0.3, -0.25) is 9.69 Å². The Morgan fingerprint density at radius 2 is 1.65 bits per heavy atom. The summed E-state index contributed by atoms with van der Waals surface area (Å²) in [6.45, 7) is 6.44. The summed E-state index contributed by atoms with van der Waals surface area (Å²) < 4.78 is 15.4. The molecule has 9 aliphatic heterocycles. The third-order valence-corrected chi connectivity index (χ3v) is 33.6. The monoisotopic (exact) mass is 1240 g/mol. The van der Waals surface area contributed by atoms with Gasteiger partial charge in [0.05, 0.1) is 11.0 Å². The molecule has 23 rings (SSSR count). The Bertz CT molecular complexity index is 3510. The van der Waals surface area contributed by atoms with Crippen LogP contribution in [0.2, 0.25) is 0 Å². The van der Waals surface area contributed by atoms with Gasteiger partial charge in [0.25, 0.3) is 0 Å². The molecule has 490 valence electrons. The van der Waals surface area contributed by atoms with Crippen LogP contribution in [0, 0.1) is 115 Å². The molecular weight excluding hydrogens is 1130 g/mol. The summed E-state index contributed by atoms with van der Waals surface area (Å²) in [5.41, 5.74) is 14.7. The zero-order valence-electron chi connectivity index (χ0n) is 55.8. The van der Waals surface area contributed by atoms with E-state index in [-0.39, 0.29) is 41.1 Å². The summed E-state index contributed by atoms with van der Waals surface area (Å²) in [7, 11) is 0. The molecule has 7 spiro atoms. The second-order valence-corrected chi connectivity index (χ2v) is 36.3. The van der Waals surface area contributed by atoms with Crippen molar-refractivity contribution in [3.05, 3.63) is 105 Å². The first-order valence-corrected chi connectivity index (χ1v) is 39.1. The molecule has 9 heteroatoms. The van der Waals surface area contributed by atoms with Crippen LogP contribution in [0.1, 0.15) is 240 Å². The van der Waals surface area contributed by atoms with E-state index in [1.807, 2.05) is 0 Å². The quantitative estimate of drug-likeness (QED) is 0.156. The van der Waals surface area contributed by atoms with E-state index in [0.29, 0.717) is 131 Å². The molecule has 9 heterocycles. The Hall–Kier alpha value is -4.21. The molecule has 7 saturated carbocycles. The number of rotatable bonds is 7. The van der Waals surface area contributed by atoms with Crippen molar-refractivity contribution in [1.29, 1.82) is 0 Å². The number of piperidine rings is 2. The summed E-state index contributed by atoms with van der Waals surface area (Å²) in [6, 6.07) is 7.24. The van der Waals surface area contributed by atoms with E-state index in [1.54, 1.807) is 11.3 Å². The number of hydrogen-bond donors (Lipinski definition) is 2. The van der Waals surface area contributed by atoms with Crippen molar-refractivity contribution in [3.63, 3.8) is 0 Å². The predicted molar refractivity (Wildman–Crippen MR) is 356 cm³/mol. The molecule has 1 aromatic rings. The maximum absolute atomic E-state index is 17.4. The van der Waals surface area contributed by atoms with Gasteiger partial charge >= 0.3 is 11.9 Å². The summed E-state index contributed by atoms with van der Waals surface area (Å²) in [4.78, 5) is 51.7. The van der Waals surface area contributed by atoms with Crippen molar-refractivity contribution < 1.29 is 29.0 Å². The van der Waals surface area contributed by atoms with Gasteiger partial charge in [0, 0.05) is 73.6 Å². The average molecular weight is 1240 g/mol. The first kappa shape index (κ1) is 58.0. The molecule has 0 radical (unpaired) electrons. The fraction of sp³-hybridized carbons (Fsp3) is 0.747. The van der Waals surface area contributed by atoms with Crippen LogP contribution >= 0.6 is 0 Å². The zero-order chi connectivity index (χ0) is 61.5. The topological polar surface area (TPSA) is 122 Å². The van der Waals surface area contributed by atoms with Gasteiger partial charge in [-0.05, 0) is 277 Å². The van der Waals surface area contributed by atoms with E-state index in [0.717, 1.165) is 88.4 Å². The molecule has 92 heavy (non-hydrogen) atoms. The molecule has 0 amide bonds. The van der Waals surface area contributed by atoms with E-state index in [2.05, 4.69) is 65.3 Å². The molecule has 22 unspecified atom stereocenters. The number of carbonyl (C=O) groups is 3. The van der Waals surface area contributed by atoms with E-state index in [9.17, 15) is 9.90 Å². The Balaban J connectivity index is 0.833. The molecule has 22 atom stereocenters. The van der Waals surface area contributed by atoms with E-state index < -0.39 is 22.3 Å². The number of esters is 2. The third-order valence-electron chi connectivity index (χ3n) is 33.6. The van der Waals surface area contributed by atoms with E-state index in [4.69, 9.17) is 15.2 Å². The van der Waals surface area contributed by atoms with Gasteiger partial charge in [-0.25, -0.2) is 4.79 Å². The van der Waals surface area contributed by atoms with Gasteiger partial charge in [-0.1, -0.05) is 105 Å². The third kappa shape index (κ3) is 7.19. The van der Waals surface area contributed by atoms with E-state index >= 15 is 9.59 Å². The number of allylic oxidation sites excluding steroid dienone is 8. The molecule has 10 fully saturated rings. The zero-order valence-corrected chi connectivity index (χ0v) is 55.8. The summed E-state index contributed by atoms with van der Waals surface area (Å²) >= 11 is 0. The molecular formula is C83H107N3O6. The predicted octanol–water partition coefficient (Wildman–Crippen LogP) is 16.7. The van der Waals surface area contributed by atoms with Crippen LogP contribution in [-0.4, -0.2) is 71.4 Å². The average Bonchev–Trinajstić information content (AvgIpc) is 1.32. The SMILES string of the molecule is CC1CC2=C3C4C5=C6C(C=C7C=CCC(CCC=O)CC8C=CC9C8CCC98CCCC(C8)C7CC7C68C(=O)OC(=C(O)CC(C6CC9(CCCC9)C9(CCCC9%10CCCC%10)C6)N6CC9CC(C6)C(CC2)N3C9)C8(CC5)C72OC(=O)c3c(CCCN)cccc32)CC14. The van der Waals surface area contributed by atoms with Crippen LogP contribution in [0.15, 0.2) is 88.1 Å². The number of aliphatic hydroxyl groups excluding tert-OH is 1. The van der Waals surface area contributed by atoms with Crippen molar-refractivity contribution >= 4 is 18.2 Å². The van der Waals surface area contributed by atoms with Crippen molar-refractivity contribution in [1.82, 2.24) is 9.80 Å². The van der Waals surface area contributed by atoms with Crippen molar-refractivity contribution in [3.8, 4) is 0 Å². The van der Waals surface area contributed by atoms with Gasteiger partial charge in [-0.2, -0.15) is 0 Å². The maximum Gasteiger partial charge on any atom is 0.339 e. The normalized spacial score (nSPS) is 48.0. The molecule has 3 N–H and O–H groups in total. The minimum absolute atomic E-state index is 0.00400. The molecule has 3 saturated heterocycles. The molecule has 0 aromatic heterocycles. The second kappa shape index (κ2) is 20.4. The summed E-state index contributed by atoms with van der Waals surface area (Å²) in [5.74, 6) is 5.62. The number of aliphatic hydroxyl groups is 1. The molecule has 9 nitrogen and oxygen atoms in total. The summed E-state index contributed by atoms with van der Waals surface area (Å²) in [6.07, 6.45) is 53.4. The van der Waals surface area contributed by atoms with Crippen LogP contribution in [0.25, 0.3) is 0 Å². The highest BCUT2D eigenvalue weighted by molar-refractivity contribution is 6.00. The number of nitrogens with zero attached hydrogens (tertiary/aromatic N) is 2. The summed E-state index contributed by atoms with van der Waals surface area (Å²) in [5, 5.41) is 14.5. The number of benzene rings is 1. The minimum Gasteiger partial charge on any atom is -0.509 e. The van der Waals surface area contributed by atoms with Crippen LogP contribution in [0.3, 0.4) is 0 Å². The Morgan fingerprint density at radius 3 is 2.51 bits per heavy atom. The number of ether oxygens (including phenoxy) is 2. The lowest BCUT2D eigenvalue weighted by atomic mass is 9.27. The van der Waals surface area contributed by atoms with Crippen LogP contribution in [-0.2, 0) is 31.1 Å². The van der Waals surface area contributed by atoms with Gasteiger partial charge < -0.3 is 30.0 Å². The number of nitrogens with two attached hydrogens (primary N) is 1. The van der Waals surface area contributed by atoms with Crippen LogP contribution in [0.4, 0.5) is 0 Å². The van der Waals surface area contributed by atoms with Gasteiger partial charge in [-0.15, -0.1) is 0 Å². The highest BCUT2D eigenvalue weighted by Gasteiger charge is 2.94. The van der Waals surface area contributed by atoms with Crippen molar-refractivity contribution in [2.24, 2.45) is 121 Å². The Labute approximate surface area is 549 Å². The van der Waals surface area contributed by atoms with Crippen LogP contribution < -0.4 is 5.73 Å². The highest BCUT2D eigenvalue weighted by Crippen LogP contribution is 2.89. The molecule has 17 bridgehead atoms. The minimum atomic E-state index is -1.23. The molecule has 13 aliphatic carbocycles. The van der Waals surface area contributed by atoms with E-state index in [1.165, 1.54) is 158 Å². The highest BCUT2D eigenvalue weighted by atomic mass is 16.6. The fourth-order valence-electron chi connectivity index (χ4n) is 31.1. The Morgan fingerprint density at radius 1 is 0.793 bits per heavy atom. The number of aldehydes is 1. The number of aryl methyl sites for hydroxylation is 1. The molecule has 1 aromatic carbocycles. The number of fused-ring (bicyclic) bond motifs is 8. The lowest BCUT2D eigenvalue weighted by molar-refractivity contribution is -0.283. The van der Waals surface area contributed by atoms with Gasteiger partial charge in [0.1, 0.15) is 17.5 Å². The van der Waals surface area contributed by atoms with Crippen molar-refractivity contribution in [2.75, 3.05) is 26.2 Å². The first-order valence-electron chi connectivity index (χ1n) is 39.1. The first-order chi connectivity index (χ1) is 44.9. The van der Waals surface area contributed by atoms with Gasteiger partial charge in [0.2, 0.25) is 0 Å². The second-order valence-electron chi connectivity index (χ2n) is 36.3.